The Hall–Kier alpha value is -4.03. The number of carbonyl (C=O) groups is 2. The monoisotopic (exact) mass is 687 g/mol. The predicted molar refractivity (Wildman–Crippen MR) is 179 cm³/mol. The Labute approximate surface area is 280 Å². The Kier molecular flexibility index (Phi) is 11.2. The molecule has 1 saturated heterocycles. The number of nitrogens with zero attached hydrogens (tertiary/aromatic N) is 1. The highest BCUT2D eigenvalue weighted by molar-refractivity contribution is 6.99. The van der Waals surface area contributed by atoms with Crippen LogP contribution in [0.4, 0.5) is 18.0 Å². The van der Waals surface area contributed by atoms with E-state index in [0.717, 1.165) is 22.5 Å². The van der Waals surface area contributed by atoms with E-state index in [0.29, 0.717) is 0 Å². The number of hydrogen-bond acceptors (Lipinski definition) is 6. The van der Waals surface area contributed by atoms with Gasteiger partial charge in [-0.3, -0.25) is 4.90 Å². The van der Waals surface area contributed by atoms with Gasteiger partial charge in [-0.25, -0.2) is 9.59 Å². The fourth-order valence-corrected chi connectivity index (χ4v) is 10.9. The van der Waals surface area contributed by atoms with Gasteiger partial charge in [-0.05, 0) is 61.7 Å². The number of esters is 1. The lowest BCUT2D eigenvalue weighted by Crippen LogP contribution is -2.67. The molecule has 1 aliphatic heterocycles. The minimum Gasteiger partial charge on any atom is -0.490 e. The Morgan fingerprint density at radius 2 is 1.44 bits per heavy atom. The van der Waals surface area contributed by atoms with Gasteiger partial charge in [0.05, 0.1) is 29.9 Å². The number of carbonyl (C=O) groups excluding carboxylic acids is 1. The molecule has 0 spiro atoms. The number of amides is 1. The van der Waals surface area contributed by atoms with E-state index in [1.54, 1.807) is 27.7 Å². The number of rotatable bonds is 11. The van der Waals surface area contributed by atoms with Crippen LogP contribution in [-0.2, 0) is 15.3 Å². The second-order valence-corrected chi connectivity index (χ2v) is 17.8. The third-order valence-electron chi connectivity index (χ3n) is 8.12. The second-order valence-electron chi connectivity index (χ2n) is 13.5. The molecule has 0 radical (unpaired) electrons. The van der Waals surface area contributed by atoms with Crippen molar-refractivity contribution in [2.24, 2.45) is 0 Å². The third kappa shape index (κ3) is 8.15. The van der Waals surface area contributed by atoms with Gasteiger partial charge in [0.1, 0.15) is 23.7 Å². The lowest BCUT2D eigenvalue weighted by atomic mass is 10.1. The average Bonchev–Trinajstić information content (AvgIpc) is 3.40. The summed E-state index contributed by atoms with van der Waals surface area (Å²) in [5.74, 6) is -1.67. The van der Waals surface area contributed by atoms with Crippen molar-refractivity contribution in [2.75, 3.05) is 13.2 Å². The number of likely N-dealkylation sites (tertiary alicyclic amines) is 1. The standard InChI is InChI=1S/C36H44F3NO7Si/c1-23(2)45-31-19-25(36(37,38)39)18-30(32(31)33(41)46-24(3)4)44-22-26-20-27(21-40(26)34(42)43)47-48(35(5,6)7,28-14-10-8-11-15-28)29-16-12-9-13-17-29/h8-19,23-24,26-27H,20-22H2,1-7H3,(H,42,43)/t26-,27-/m1/s1. The minimum absolute atomic E-state index is 0.0282. The van der Waals surface area contributed by atoms with Gasteiger partial charge in [-0.15, -0.1) is 0 Å². The molecule has 2 atom stereocenters. The van der Waals surface area contributed by atoms with Gasteiger partial charge >= 0.3 is 18.2 Å². The van der Waals surface area contributed by atoms with Crippen LogP contribution >= 0.6 is 0 Å². The minimum atomic E-state index is -4.77. The van der Waals surface area contributed by atoms with Gasteiger partial charge in [-0.1, -0.05) is 81.4 Å². The van der Waals surface area contributed by atoms with E-state index in [1.165, 1.54) is 4.90 Å². The maximum absolute atomic E-state index is 14.0. The van der Waals surface area contributed by atoms with E-state index in [2.05, 4.69) is 20.8 Å². The van der Waals surface area contributed by atoms with Gasteiger partial charge in [0.25, 0.3) is 8.32 Å². The van der Waals surface area contributed by atoms with E-state index < -0.39 is 62.2 Å². The lowest BCUT2D eigenvalue weighted by molar-refractivity contribution is -0.137. The van der Waals surface area contributed by atoms with Crippen molar-refractivity contribution in [1.82, 2.24) is 4.90 Å². The summed E-state index contributed by atoms with van der Waals surface area (Å²) in [7, 11) is -3.05. The summed E-state index contributed by atoms with van der Waals surface area (Å²) in [5, 5.41) is 11.9. The molecule has 3 aromatic rings. The predicted octanol–water partition coefficient (Wildman–Crippen LogP) is 7.13. The first-order valence-corrected chi connectivity index (χ1v) is 17.9. The molecule has 12 heteroatoms. The van der Waals surface area contributed by atoms with E-state index in [-0.39, 0.29) is 35.9 Å². The molecular weight excluding hydrogens is 643 g/mol. The Morgan fingerprint density at radius 3 is 1.90 bits per heavy atom. The zero-order valence-electron chi connectivity index (χ0n) is 28.3. The van der Waals surface area contributed by atoms with Crippen molar-refractivity contribution in [3.63, 3.8) is 0 Å². The highest BCUT2D eigenvalue weighted by Gasteiger charge is 2.53. The molecule has 0 unspecified atom stereocenters. The zero-order valence-corrected chi connectivity index (χ0v) is 29.3. The van der Waals surface area contributed by atoms with E-state index in [1.807, 2.05) is 60.7 Å². The molecule has 0 bridgehead atoms. The molecule has 1 heterocycles. The third-order valence-corrected chi connectivity index (χ3v) is 13.2. The molecule has 1 N–H and O–H groups in total. The van der Waals surface area contributed by atoms with Crippen molar-refractivity contribution in [1.29, 1.82) is 0 Å². The van der Waals surface area contributed by atoms with Crippen LogP contribution in [0.5, 0.6) is 11.5 Å². The number of alkyl halides is 3. The normalized spacial score (nSPS) is 17.1. The first kappa shape index (κ1) is 36.8. The highest BCUT2D eigenvalue weighted by atomic mass is 28.4. The molecule has 3 aromatic carbocycles. The van der Waals surface area contributed by atoms with E-state index in [9.17, 15) is 27.9 Å². The quantitative estimate of drug-likeness (QED) is 0.169. The van der Waals surface area contributed by atoms with Crippen LogP contribution in [0, 0.1) is 0 Å². The molecule has 0 saturated carbocycles. The van der Waals surface area contributed by atoms with E-state index in [4.69, 9.17) is 18.6 Å². The first-order valence-electron chi connectivity index (χ1n) is 16.0. The number of carboxylic acid groups (broad SMARTS) is 1. The molecular formula is C36H44F3NO7Si. The Balaban J connectivity index is 1.72. The number of benzene rings is 3. The molecule has 0 aliphatic carbocycles. The number of halogens is 3. The fraction of sp³-hybridized carbons (Fsp3) is 0.444. The van der Waals surface area contributed by atoms with Crippen LogP contribution in [0.2, 0.25) is 5.04 Å². The first-order chi connectivity index (χ1) is 22.4. The van der Waals surface area contributed by atoms with Crippen LogP contribution in [-0.4, -0.2) is 67.9 Å². The van der Waals surface area contributed by atoms with Gasteiger partial charge < -0.3 is 23.7 Å². The van der Waals surface area contributed by atoms with Gasteiger partial charge in [0, 0.05) is 6.54 Å². The summed E-state index contributed by atoms with van der Waals surface area (Å²) in [6, 6.07) is 20.5. The van der Waals surface area contributed by atoms with E-state index >= 15 is 0 Å². The number of ether oxygens (including phenoxy) is 3. The van der Waals surface area contributed by atoms with Gasteiger partial charge in [0.15, 0.2) is 0 Å². The SMILES string of the molecule is CC(C)OC(=O)c1c(OC[C@H]2C[C@@H](O[Si](c3ccccc3)(c3ccccc3)C(C)(C)C)CN2C(=O)O)cc(C(F)(F)F)cc1OC(C)C. The topological polar surface area (TPSA) is 94.5 Å². The van der Waals surface area contributed by atoms with Gasteiger partial charge in [-0.2, -0.15) is 13.2 Å². The summed E-state index contributed by atoms with van der Waals surface area (Å²) in [6.07, 6.45) is -7.46. The van der Waals surface area contributed by atoms with Crippen molar-refractivity contribution < 1.29 is 46.5 Å². The molecule has 1 fully saturated rings. The zero-order chi connectivity index (χ0) is 35.4. The van der Waals surface area contributed by atoms with Crippen LogP contribution in [0.3, 0.4) is 0 Å². The summed E-state index contributed by atoms with van der Waals surface area (Å²) in [6.45, 7) is 12.5. The van der Waals surface area contributed by atoms with Crippen LogP contribution in [0.1, 0.15) is 70.8 Å². The molecule has 4 rings (SSSR count). The molecule has 1 amide bonds. The molecule has 0 aromatic heterocycles. The summed E-state index contributed by atoms with van der Waals surface area (Å²) >= 11 is 0. The molecule has 8 nitrogen and oxygen atoms in total. The highest BCUT2D eigenvalue weighted by Crippen LogP contribution is 2.41. The summed E-state index contributed by atoms with van der Waals surface area (Å²) in [5.41, 5.74) is -1.38. The summed E-state index contributed by atoms with van der Waals surface area (Å²) < 4.78 is 66.1. The van der Waals surface area contributed by atoms with Crippen molar-refractivity contribution in [3.05, 3.63) is 83.9 Å². The molecule has 48 heavy (non-hydrogen) atoms. The largest absolute Gasteiger partial charge is 0.490 e. The Morgan fingerprint density at radius 1 is 0.896 bits per heavy atom. The molecule has 1 aliphatic rings. The van der Waals surface area contributed by atoms with Crippen LogP contribution in [0.15, 0.2) is 72.8 Å². The lowest BCUT2D eigenvalue weighted by Gasteiger charge is -2.44. The second kappa shape index (κ2) is 14.6. The molecule has 260 valence electrons. The smallest absolute Gasteiger partial charge is 0.416 e. The average molecular weight is 688 g/mol. The Bertz CT molecular complexity index is 1520. The van der Waals surface area contributed by atoms with Crippen molar-refractivity contribution in [2.45, 2.75) is 90.5 Å². The summed E-state index contributed by atoms with van der Waals surface area (Å²) in [4.78, 5) is 26.9. The van der Waals surface area contributed by atoms with Gasteiger partial charge in [0.2, 0.25) is 0 Å². The maximum atomic E-state index is 14.0. The van der Waals surface area contributed by atoms with Crippen molar-refractivity contribution >= 4 is 30.8 Å². The van der Waals surface area contributed by atoms with Crippen LogP contribution < -0.4 is 19.8 Å². The number of hydrogen-bond donors (Lipinski definition) is 1. The van der Waals surface area contributed by atoms with Crippen LogP contribution in [0.25, 0.3) is 0 Å². The fourth-order valence-electron chi connectivity index (χ4n) is 6.17. The maximum Gasteiger partial charge on any atom is 0.416 e. The van der Waals surface area contributed by atoms with Crippen molar-refractivity contribution in [3.8, 4) is 11.5 Å².